The van der Waals surface area contributed by atoms with E-state index in [9.17, 15) is 14.9 Å². The Balaban J connectivity index is 2.38. The van der Waals surface area contributed by atoms with Gasteiger partial charge in [0, 0.05) is 12.1 Å². The second-order valence-electron chi connectivity index (χ2n) is 5.78. The van der Waals surface area contributed by atoms with E-state index in [1.165, 1.54) is 0 Å². The van der Waals surface area contributed by atoms with Gasteiger partial charge in [-0.3, -0.25) is 4.79 Å². The summed E-state index contributed by atoms with van der Waals surface area (Å²) < 4.78 is 0. The van der Waals surface area contributed by atoms with Crippen molar-refractivity contribution in [2.45, 2.75) is 38.6 Å². The monoisotopic (exact) mass is 273 g/mol. The Kier molecular flexibility index (Phi) is 5.53. The minimum Gasteiger partial charge on any atom is -0.351 e. The fourth-order valence-corrected chi connectivity index (χ4v) is 2.25. The average molecular weight is 273 g/mol. The van der Waals surface area contributed by atoms with Gasteiger partial charge < -0.3 is 15.1 Å². The van der Waals surface area contributed by atoms with Crippen molar-refractivity contribution in [3.05, 3.63) is 10.1 Å². The van der Waals surface area contributed by atoms with Crippen LogP contribution in [0.15, 0.2) is 0 Å². The summed E-state index contributed by atoms with van der Waals surface area (Å²) >= 11 is 0. The van der Waals surface area contributed by atoms with Crippen molar-refractivity contribution in [3.8, 4) is 0 Å². The van der Waals surface area contributed by atoms with Gasteiger partial charge in [0.1, 0.15) is 0 Å². The maximum absolute atomic E-state index is 12.1. The molecule has 1 heterocycles. The van der Waals surface area contributed by atoms with E-state index in [-0.39, 0.29) is 18.4 Å². The lowest BCUT2D eigenvalue weighted by Crippen LogP contribution is -2.50. The van der Waals surface area contributed by atoms with E-state index in [0.717, 1.165) is 25.9 Å². The van der Waals surface area contributed by atoms with Crippen LogP contribution in [0.4, 0.5) is 0 Å². The Morgan fingerprint density at radius 2 is 2.26 bits per heavy atom. The number of amides is 1. The summed E-state index contributed by atoms with van der Waals surface area (Å²) in [4.78, 5) is 28.7. The maximum atomic E-state index is 12.1. The second kappa shape index (κ2) is 6.70. The van der Waals surface area contributed by atoms with Gasteiger partial charge in [-0.25, -0.2) is 0 Å². The predicted molar refractivity (Wildman–Crippen MR) is 70.0 cm³/mol. The van der Waals surface area contributed by atoms with Crippen LogP contribution in [0.1, 0.15) is 33.1 Å². The molecule has 1 aliphatic heterocycles. The van der Waals surface area contributed by atoms with E-state index >= 15 is 0 Å². The molecule has 1 unspecified atom stereocenters. The first kappa shape index (κ1) is 15.7. The molecular weight excluding hydrogens is 250 g/mol. The lowest BCUT2D eigenvalue weighted by Gasteiger charge is -2.32. The van der Waals surface area contributed by atoms with Crippen LogP contribution >= 0.6 is 0 Å². The van der Waals surface area contributed by atoms with Gasteiger partial charge >= 0.3 is 0 Å². The highest BCUT2D eigenvalue weighted by atomic mass is 16.9. The molecule has 1 atom stereocenters. The summed E-state index contributed by atoms with van der Waals surface area (Å²) in [7, 11) is 2.01. The van der Waals surface area contributed by atoms with E-state index < -0.39 is 10.6 Å². The lowest BCUT2D eigenvalue weighted by molar-refractivity contribution is -0.758. The molecule has 0 radical (unpaired) electrons. The molecule has 110 valence electrons. The molecule has 19 heavy (non-hydrogen) atoms. The first-order chi connectivity index (χ1) is 8.80. The second-order valence-corrected chi connectivity index (χ2v) is 5.78. The highest BCUT2D eigenvalue weighted by Crippen LogP contribution is 2.17. The number of hydrogen-bond donors (Lipinski definition) is 1. The largest absolute Gasteiger partial charge is 0.351 e. The molecule has 0 saturated carbocycles. The Morgan fingerprint density at radius 3 is 2.84 bits per heavy atom. The molecule has 1 aliphatic rings. The SMILES string of the molecule is CN1CCCC(C(=O)NC(C)(C)CCO[N+](=O)[O-])C1. The summed E-state index contributed by atoms with van der Waals surface area (Å²) in [6.07, 6.45) is 2.33. The van der Waals surface area contributed by atoms with Gasteiger partial charge in [0.2, 0.25) is 5.91 Å². The number of carbonyl (C=O) groups excluding carboxylic acids is 1. The van der Waals surface area contributed by atoms with Gasteiger partial charge in [-0.2, -0.15) is 0 Å². The summed E-state index contributed by atoms with van der Waals surface area (Å²) in [6, 6.07) is 0. The van der Waals surface area contributed by atoms with E-state index in [2.05, 4.69) is 15.1 Å². The number of nitrogens with one attached hydrogen (secondary N) is 1. The summed E-state index contributed by atoms with van der Waals surface area (Å²) in [5.41, 5.74) is -0.497. The van der Waals surface area contributed by atoms with Gasteiger partial charge in [0.15, 0.2) is 0 Å². The van der Waals surface area contributed by atoms with Gasteiger partial charge in [0.25, 0.3) is 5.09 Å². The third-order valence-electron chi connectivity index (χ3n) is 3.38. The van der Waals surface area contributed by atoms with Crippen molar-refractivity contribution in [1.82, 2.24) is 10.2 Å². The van der Waals surface area contributed by atoms with Crippen LogP contribution in [0.3, 0.4) is 0 Å². The average Bonchev–Trinajstić information content (AvgIpc) is 2.27. The third kappa shape index (κ3) is 5.87. The summed E-state index contributed by atoms with van der Waals surface area (Å²) in [5.74, 6) is 0.0344. The Morgan fingerprint density at radius 1 is 1.58 bits per heavy atom. The molecule has 1 N–H and O–H groups in total. The standard InChI is InChI=1S/C12H23N3O4/c1-12(2,6-8-19-15(17)18)13-11(16)10-5-4-7-14(3)9-10/h10H,4-9H2,1-3H3,(H,13,16). The van der Waals surface area contributed by atoms with Gasteiger partial charge in [-0.1, -0.05) is 0 Å². The van der Waals surface area contributed by atoms with E-state index in [1.807, 2.05) is 20.9 Å². The molecular formula is C12H23N3O4. The van der Waals surface area contributed by atoms with Crippen molar-refractivity contribution >= 4 is 5.91 Å². The van der Waals surface area contributed by atoms with Crippen molar-refractivity contribution in [3.63, 3.8) is 0 Å². The van der Waals surface area contributed by atoms with Crippen LogP contribution in [0.2, 0.25) is 0 Å². The fraction of sp³-hybridized carbons (Fsp3) is 0.917. The van der Waals surface area contributed by atoms with Gasteiger partial charge in [0.05, 0.1) is 12.5 Å². The first-order valence-electron chi connectivity index (χ1n) is 6.58. The minimum absolute atomic E-state index is 0.00876. The minimum atomic E-state index is -0.812. The topological polar surface area (TPSA) is 84.7 Å². The number of nitrogens with zero attached hydrogens (tertiary/aromatic N) is 2. The number of likely N-dealkylation sites (tertiary alicyclic amines) is 1. The molecule has 1 amide bonds. The molecule has 7 heteroatoms. The molecule has 7 nitrogen and oxygen atoms in total. The van der Waals surface area contributed by atoms with E-state index in [1.54, 1.807) is 0 Å². The van der Waals surface area contributed by atoms with Crippen molar-refractivity contribution < 1.29 is 14.7 Å². The molecule has 0 aromatic rings. The van der Waals surface area contributed by atoms with Crippen LogP contribution in [-0.4, -0.2) is 48.2 Å². The number of hydrogen-bond acceptors (Lipinski definition) is 5. The molecule has 1 rings (SSSR count). The number of carbonyl (C=O) groups is 1. The van der Waals surface area contributed by atoms with Crippen molar-refractivity contribution in [1.29, 1.82) is 0 Å². The van der Waals surface area contributed by atoms with E-state index in [0.29, 0.717) is 6.42 Å². The van der Waals surface area contributed by atoms with Crippen LogP contribution in [-0.2, 0) is 9.63 Å². The molecule has 0 aromatic carbocycles. The normalized spacial score (nSPS) is 20.9. The van der Waals surface area contributed by atoms with Crippen molar-refractivity contribution in [2.24, 2.45) is 5.92 Å². The highest BCUT2D eigenvalue weighted by Gasteiger charge is 2.28. The Labute approximate surface area is 113 Å². The lowest BCUT2D eigenvalue weighted by atomic mass is 9.94. The zero-order chi connectivity index (χ0) is 14.5. The molecule has 0 bridgehead atoms. The third-order valence-corrected chi connectivity index (χ3v) is 3.38. The summed E-state index contributed by atoms with van der Waals surface area (Å²) in [5, 5.41) is 12.2. The zero-order valence-corrected chi connectivity index (χ0v) is 11.8. The first-order valence-corrected chi connectivity index (χ1v) is 6.58. The quantitative estimate of drug-likeness (QED) is 0.572. The Bertz CT molecular complexity index is 333. The maximum Gasteiger partial charge on any atom is 0.294 e. The molecule has 0 spiro atoms. The zero-order valence-electron chi connectivity index (χ0n) is 11.8. The van der Waals surface area contributed by atoms with Crippen LogP contribution in [0, 0.1) is 16.0 Å². The van der Waals surface area contributed by atoms with Crippen LogP contribution in [0.5, 0.6) is 0 Å². The number of piperidine rings is 1. The molecule has 1 saturated heterocycles. The van der Waals surface area contributed by atoms with E-state index in [4.69, 9.17) is 0 Å². The fourth-order valence-electron chi connectivity index (χ4n) is 2.25. The van der Waals surface area contributed by atoms with Gasteiger partial charge in [-0.15, -0.1) is 10.1 Å². The summed E-state index contributed by atoms with van der Waals surface area (Å²) in [6.45, 7) is 5.49. The molecule has 0 aromatic heterocycles. The van der Waals surface area contributed by atoms with Crippen LogP contribution < -0.4 is 5.32 Å². The van der Waals surface area contributed by atoms with Crippen molar-refractivity contribution in [2.75, 3.05) is 26.7 Å². The smallest absolute Gasteiger partial charge is 0.294 e. The predicted octanol–water partition coefficient (Wildman–Crippen LogP) is 0.821. The van der Waals surface area contributed by atoms with Gasteiger partial charge in [-0.05, 0) is 46.7 Å². The van der Waals surface area contributed by atoms with Crippen LogP contribution in [0.25, 0.3) is 0 Å². The molecule has 0 aliphatic carbocycles. The number of rotatable bonds is 6. The molecule has 1 fully saturated rings. The Hall–Kier alpha value is -1.37. The highest BCUT2D eigenvalue weighted by molar-refractivity contribution is 5.79.